The Hall–Kier alpha value is -4.56. The van der Waals surface area contributed by atoms with Crippen LogP contribution in [0.4, 0.5) is 10.5 Å². The monoisotopic (exact) mass is 1290 g/mol. The lowest BCUT2D eigenvalue weighted by Crippen LogP contribution is -2.59. The van der Waals surface area contributed by atoms with Crippen molar-refractivity contribution in [1.29, 1.82) is 0 Å². The molecule has 4 saturated heterocycles. The Morgan fingerprint density at radius 2 is 1.53 bits per heavy atom. The minimum atomic E-state index is -4.55. The van der Waals surface area contributed by atoms with Crippen LogP contribution in [0.3, 0.4) is 0 Å². The van der Waals surface area contributed by atoms with E-state index in [1.807, 2.05) is 34.7 Å². The van der Waals surface area contributed by atoms with Crippen molar-refractivity contribution in [2.24, 2.45) is 46.6 Å². The third-order valence-corrected chi connectivity index (χ3v) is 18.9. The predicted molar refractivity (Wildman–Crippen MR) is 322 cm³/mol. The van der Waals surface area contributed by atoms with Gasteiger partial charge in [-0.2, -0.15) is 0 Å². The first-order valence-corrected chi connectivity index (χ1v) is 32.3. The van der Waals surface area contributed by atoms with Gasteiger partial charge >= 0.3 is 18.0 Å². The number of aliphatic hydroxyl groups is 2. The van der Waals surface area contributed by atoms with E-state index in [0.29, 0.717) is 13.0 Å². The van der Waals surface area contributed by atoms with Crippen LogP contribution < -0.4 is 10.0 Å². The second-order valence-corrected chi connectivity index (χ2v) is 28.0. The number of ether oxygens (including phenoxy) is 11. The maximum absolute atomic E-state index is 16.1. The molecule has 4 fully saturated rings. The second-order valence-electron chi connectivity index (χ2n) is 26.2. The summed E-state index contributed by atoms with van der Waals surface area (Å²) in [5, 5.41) is 41.5. The second kappa shape index (κ2) is 32.3. The number of hydrogen-bond donors (Lipinski definition) is 4. The molecule has 0 unspecified atom stereocenters. The number of benzene rings is 1. The first-order valence-electron chi connectivity index (χ1n) is 30.8. The average molecular weight is 1290 g/mol. The van der Waals surface area contributed by atoms with Gasteiger partial charge in [0.25, 0.3) is 5.69 Å². The molecule has 4 heterocycles. The van der Waals surface area contributed by atoms with E-state index < -0.39 is 182 Å². The number of rotatable bonds is 21. The number of para-hydroxylation sites is 1. The summed E-state index contributed by atoms with van der Waals surface area (Å²) < 4.78 is 99.9. The largest absolute Gasteiger partial charge is 0.461 e. The topological polar surface area (TPSA) is 336 Å². The number of carbonyl (C=O) groups is 4. The van der Waals surface area contributed by atoms with Gasteiger partial charge in [-0.25, -0.2) is 17.9 Å². The van der Waals surface area contributed by atoms with Crippen molar-refractivity contribution in [3.05, 3.63) is 34.4 Å². The summed E-state index contributed by atoms with van der Waals surface area (Å²) in [7, 11) is 1.61. The fourth-order valence-corrected chi connectivity index (χ4v) is 13.9. The standard InChI is InChI=1S/C61H101N5O22S/c1-31(2)24-45(67)84-51-38(9)50(33(4)29-80-58-54(78-18)53(77-17)47(68)41(12)83-58)86-56(71)40(11)52(85-46-25-34(5)65(16)28-36(7)81-46)37(8)49(87-57-48(69)42(64-79-19)26-35(6)82-57)32(3)27-61(15,55(70)39(51)10)88-59(72)63-60(13,14)30-62-89(75,76)44-23-21-20-22-43(44)66(73)74/h20-23,31-41,46-54,57-58,62,68-69H,24-30H2,1-19H3,(H,63,72)/t32-,33-,34+,35+,36-,37+,38-,39+,40+,41+,46-,47+,48+,49-,50+,51+,52-,53+,54+,57-,58+,61-/m0/s1. The van der Waals surface area contributed by atoms with Crippen LogP contribution in [0.1, 0.15) is 130 Å². The first-order chi connectivity index (χ1) is 41.5. The molecule has 4 N–H and O–H groups in total. The summed E-state index contributed by atoms with van der Waals surface area (Å²) in [4.78, 5) is 78.1. The zero-order valence-corrected chi connectivity index (χ0v) is 56.1. The van der Waals surface area contributed by atoms with E-state index in [2.05, 4.69) is 20.1 Å². The molecular weight excluding hydrogens is 1190 g/mol. The Kier molecular flexibility index (Phi) is 27.3. The Labute approximate surface area is 524 Å². The molecule has 4 aliphatic rings. The molecule has 27 nitrogen and oxygen atoms in total. The number of Topliss-reactive ketones (excluding diaryl/α,β-unsaturated/α-hetero) is 1. The molecule has 0 saturated carbocycles. The van der Waals surface area contributed by atoms with Crippen molar-refractivity contribution in [1.82, 2.24) is 14.9 Å². The maximum Gasteiger partial charge on any atom is 0.408 e. The molecule has 508 valence electrons. The lowest BCUT2D eigenvalue weighted by atomic mass is 9.74. The number of nitrogens with zero attached hydrogens (tertiary/aromatic N) is 3. The van der Waals surface area contributed by atoms with Gasteiger partial charge in [0.05, 0.1) is 65.1 Å². The molecule has 4 aliphatic heterocycles. The van der Waals surface area contributed by atoms with Crippen molar-refractivity contribution in [3.63, 3.8) is 0 Å². The zero-order valence-electron chi connectivity index (χ0n) is 55.3. The predicted octanol–water partition coefficient (Wildman–Crippen LogP) is 5.67. The number of cyclic esters (lactones) is 1. The lowest BCUT2D eigenvalue weighted by Gasteiger charge is -2.45. The quantitative estimate of drug-likeness (QED) is 0.0498. The number of carbonyl (C=O) groups excluding carboxylic acids is 4. The first kappa shape index (κ1) is 75.2. The molecule has 1 aromatic rings. The summed E-state index contributed by atoms with van der Waals surface area (Å²) in [6.45, 7) is 25.3. The van der Waals surface area contributed by atoms with E-state index in [-0.39, 0.29) is 49.6 Å². The number of ketones is 1. The fourth-order valence-electron chi connectivity index (χ4n) is 12.5. The van der Waals surface area contributed by atoms with E-state index in [4.69, 9.17) is 56.9 Å². The number of nitro groups is 1. The number of aliphatic hydroxyl groups excluding tert-OH is 2. The molecule has 0 radical (unpaired) electrons. The number of hydrogen-bond acceptors (Lipinski definition) is 24. The van der Waals surface area contributed by atoms with Gasteiger partial charge in [0.2, 0.25) is 10.0 Å². The van der Waals surface area contributed by atoms with Crippen LogP contribution >= 0.6 is 0 Å². The summed E-state index contributed by atoms with van der Waals surface area (Å²) in [5.74, 6) is -8.53. The minimum absolute atomic E-state index is 0.0529. The van der Waals surface area contributed by atoms with Crippen LogP contribution in [0.5, 0.6) is 0 Å². The van der Waals surface area contributed by atoms with E-state index in [0.717, 1.165) is 12.1 Å². The number of oxime groups is 1. The van der Waals surface area contributed by atoms with Gasteiger partial charge in [0, 0.05) is 76.4 Å². The summed E-state index contributed by atoms with van der Waals surface area (Å²) in [6, 6.07) is 4.72. The SMILES string of the molecule is CON=C1C[C@@H](C)O[C@@H](O[C@@H]2[C@@H](C)[C@H](O[C@H]3C[C@@H](C)N(C)C[C@H](C)O3)[C@@H](C)C(=O)O[C@H]([C@@H](C)CO[C@@H]3O[C@H](C)[C@@H](O)[C@@H](OC)[C@H]3OC)[C@H](C)[C@@H](OC(=O)CC(C)C)[C@@H](C)C(=O)[C@@](C)(OC(=O)NC(C)(C)CNS(=O)(=O)c3ccccc3[N+](=O)[O-])C[C@@H]2C)[C@@H]1O. The normalized spacial score (nSPS) is 36.7. The van der Waals surface area contributed by atoms with Gasteiger partial charge in [-0.05, 0) is 86.8 Å². The summed E-state index contributed by atoms with van der Waals surface area (Å²) in [6.07, 6.45) is -15.4. The van der Waals surface area contributed by atoms with Crippen LogP contribution in [0.15, 0.2) is 34.3 Å². The molecule has 22 atom stereocenters. The van der Waals surface area contributed by atoms with Gasteiger partial charge in [0.15, 0.2) is 35.1 Å². The number of alkyl carbamates (subject to hydrolysis) is 1. The number of sulfonamides is 1. The van der Waals surface area contributed by atoms with Gasteiger partial charge in [-0.1, -0.05) is 65.8 Å². The number of nitrogens with one attached hydrogen (secondary N) is 2. The van der Waals surface area contributed by atoms with E-state index in [1.165, 1.54) is 61.2 Å². The molecule has 0 spiro atoms. The van der Waals surface area contributed by atoms with Crippen molar-refractivity contribution >= 4 is 45.2 Å². The Bertz CT molecular complexity index is 2670. The van der Waals surface area contributed by atoms with Gasteiger partial charge < -0.3 is 77.4 Å². The summed E-state index contributed by atoms with van der Waals surface area (Å²) >= 11 is 0. The van der Waals surface area contributed by atoms with Crippen molar-refractivity contribution in [3.8, 4) is 0 Å². The number of esters is 2. The van der Waals surface area contributed by atoms with Crippen molar-refractivity contribution in [2.45, 2.75) is 238 Å². The van der Waals surface area contributed by atoms with Gasteiger partial charge in [0.1, 0.15) is 43.7 Å². The van der Waals surface area contributed by atoms with E-state index in [9.17, 15) is 38.3 Å². The molecule has 0 aliphatic carbocycles. The van der Waals surface area contributed by atoms with Crippen LogP contribution in [-0.4, -0.2) is 209 Å². The highest BCUT2D eigenvalue weighted by molar-refractivity contribution is 7.89. The average Bonchev–Trinajstić information content (AvgIpc) is 1.49. The number of amides is 1. The molecule has 28 heteroatoms. The zero-order chi connectivity index (χ0) is 66.8. The molecule has 1 aromatic carbocycles. The molecule has 0 bridgehead atoms. The third kappa shape index (κ3) is 19.5. The third-order valence-electron chi connectivity index (χ3n) is 17.4. The fraction of sp³-hybridized carbons (Fsp3) is 0.820. The van der Waals surface area contributed by atoms with E-state index >= 15 is 9.59 Å². The highest BCUT2D eigenvalue weighted by atomic mass is 32.2. The Morgan fingerprint density at radius 1 is 0.876 bits per heavy atom. The maximum atomic E-state index is 16.1. The van der Waals surface area contributed by atoms with Gasteiger partial charge in [-0.15, -0.1) is 0 Å². The molecular formula is C61H101N5O22S. The Morgan fingerprint density at radius 3 is 2.15 bits per heavy atom. The Balaban J connectivity index is 1.71. The number of methoxy groups -OCH3 is 2. The van der Waals surface area contributed by atoms with Crippen molar-refractivity contribution in [2.75, 3.05) is 48.1 Å². The summed E-state index contributed by atoms with van der Waals surface area (Å²) in [5.41, 5.74) is -4.16. The van der Waals surface area contributed by atoms with Crippen LogP contribution in [0, 0.1) is 51.5 Å². The number of nitro benzene ring substituents is 1. The highest BCUT2D eigenvalue weighted by Gasteiger charge is 2.53. The van der Waals surface area contributed by atoms with Crippen LogP contribution in [-0.2, 0) is 81.3 Å². The number of likely N-dealkylation sites (N-methyl/N-ethyl adjacent to an activating group) is 1. The smallest absolute Gasteiger partial charge is 0.408 e. The highest BCUT2D eigenvalue weighted by Crippen LogP contribution is 2.41. The van der Waals surface area contributed by atoms with Crippen LogP contribution in [0.25, 0.3) is 0 Å². The van der Waals surface area contributed by atoms with Crippen LogP contribution in [0.2, 0.25) is 0 Å². The van der Waals surface area contributed by atoms with Crippen molar-refractivity contribution < 1.29 is 99.7 Å². The molecule has 89 heavy (non-hydrogen) atoms. The molecule has 0 aromatic heterocycles. The lowest BCUT2D eigenvalue weighted by molar-refractivity contribution is -0.387. The van der Waals surface area contributed by atoms with Gasteiger partial charge in [-0.3, -0.25) is 24.5 Å². The minimum Gasteiger partial charge on any atom is -0.461 e. The molecule has 5 rings (SSSR count). The molecule has 1 amide bonds. The van der Waals surface area contributed by atoms with E-state index in [1.54, 1.807) is 48.5 Å².